The normalized spacial score (nSPS) is 17.5. The molecule has 168 valence electrons. The van der Waals surface area contributed by atoms with E-state index in [4.69, 9.17) is 4.74 Å². The summed E-state index contributed by atoms with van der Waals surface area (Å²) in [6.45, 7) is 5.95. The van der Waals surface area contributed by atoms with Gasteiger partial charge in [-0.2, -0.15) is 0 Å². The molecule has 5 nitrogen and oxygen atoms in total. The minimum Gasteiger partial charge on any atom is -0.507 e. The highest BCUT2D eigenvalue weighted by Gasteiger charge is 2.47. The first-order chi connectivity index (χ1) is 15.8. The molecule has 1 aliphatic rings. The van der Waals surface area contributed by atoms with Crippen LogP contribution >= 0.6 is 0 Å². The highest BCUT2D eigenvalue weighted by molar-refractivity contribution is 6.51. The van der Waals surface area contributed by atoms with E-state index in [0.29, 0.717) is 22.6 Å². The van der Waals surface area contributed by atoms with E-state index in [1.54, 1.807) is 31.4 Å². The second-order valence-electron chi connectivity index (χ2n) is 8.34. The Bertz CT molecular complexity index is 1220. The molecule has 0 aromatic heterocycles. The fourth-order valence-corrected chi connectivity index (χ4v) is 4.34. The minimum atomic E-state index is -0.761. The third kappa shape index (κ3) is 4.14. The Labute approximate surface area is 193 Å². The molecule has 0 bridgehead atoms. The first kappa shape index (κ1) is 22.3. The van der Waals surface area contributed by atoms with Gasteiger partial charge in [0.05, 0.1) is 18.7 Å². The van der Waals surface area contributed by atoms with E-state index in [-0.39, 0.29) is 11.3 Å². The van der Waals surface area contributed by atoms with Crippen LogP contribution in [0.25, 0.3) is 5.76 Å². The van der Waals surface area contributed by atoms with Gasteiger partial charge in [-0.25, -0.2) is 0 Å². The van der Waals surface area contributed by atoms with E-state index in [0.717, 1.165) is 23.1 Å². The van der Waals surface area contributed by atoms with Gasteiger partial charge in [0, 0.05) is 11.3 Å². The van der Waals surface area contributed by atoms with Crippen molar-refractivity contribution in [2.24, 2.45) is 0 Å². The highest BCUT2D eigenvalue weighted by atomic mass is 16.5. The summed E-state index contributed by atoms with van der Waals surface area (Å²) in [7, 11) is 1.58. The van der Waals surface area contributed by atoms with Crippen molar-refractivity contribution in [3.05, 3.63) is 100 Å². The van der Waals surface area contributed by atoms with Crippen LogP contribution in [0.2, 0.25) is 0 Å². The molecule has 1 amide bonds. The monoisotopic (exact) mass is 441 g/mol. The lowest BCUT2D eigenvalue weighted by atomic mass is 9.94. The van der Waals surface area contributed by atoms with E-state index in [9.17, 15) is 14.7 Å². The average Bonchev–Trinajstić information content (AvgIpc) is 3.08. The van der Waals surface area contributed by atoms with Crippen LogP contribution in [-0.2, 0) is 16.0 Å². The quantitative estimate of drug-likeness (QED) is 0.322. The number of aryl methyl sites for hydroxylation is 3. The number of aliphatic hydroxyl groups excluding tert-OH is 1. The van der Waals surface area contributed by atoms with Crippen LogP contribution in [0, 0.1) is 13.8 Å². The Morgan fingerprint density at radius 1 is 0.939 bits per heavy atom. The molecular formula is C28H27NO4. The second-order valence-corrected chi connectivity index (χ2v) is 8.34. The minimum absolute atomic E-state index is 0.0774. The van der Waals surface area contributed by atoms with Crippen molar-refractivity contribution < 1.29 is 19.4 Å². The lowest BCUT2D eigenvalue weighted by molar-refractivity contribution is -0.132. The van der Waals surface area contributed by atoms with E-state index in [1.165, 1.54) is 4.90 Å². The van der Waals surface area contributed by atoms with Crippen molar-refractivity contribution in [3.63, 3.8) is 0 Å². The van der Waals surface area contributed by atoms with Gasteiger partial charge in [-0.05, 0) is 66.8 Å². The highest BCUT2D eigenvalue weighted by Crippen LogP contribution is 2.42. The van der Waals surface area contributed by atoms with Crippen LogP contribution in [0.4, 0.5) is 5.69 Å². The van der Waals surface area contributed by atoms with Crippen molar-refractivity contribution >= 4 is 23.1 Å². The SMILES string of the molecule is CCc1ccc(/C(O)=C2\C(=O)C(=O)N(c3cc(C)cc(C)c3)C2c2ccc(OC)cc2)cc1. The molecular weight excluding hydrogens is 414 g/mol. The zero-order valence-electron chi connectivity index (χ0n) is 19.3. The van der Waals surface area contributed by atoms with Crippen LogP contribution in [0.15, 0.2) is 72.3 Å². The third-order valence-corrected chi connectivity index (χ3v) is 6.00. The third-order valence-electron chi connectivity index (χ3n) is 6.00. The van der Waals surface area contributed by atoms with Crippen LogP contribution in [0.5, 0.6) is 5.75 Å². The number of carbonyl (C=O) groups is 2. The number of hydrogen-bond acceptors (Lipinski definition) is 4. The number of methoxy groups -OCH3 is 1. The number of ether oxygens (including phenoxy) is 1. The zero-order valence-corrected chi connectivity index (χ0v) is 19.3. The van der Waals surface area contributed by atoms with Gasteiger partial charge in [0.2, 0.25) is 0 Å². The number of amides is 1. The molecule has 3 aromatic carbocycles. The summed E-state index contributed by atoms with van der Waals surface area (Å²) in [6.07, 6.45) is 0.865. The molecule has 0 spiro atoms. The molecule has 1 heterocycles. The lowest BCUT2D eigenvalue weighted by Gasteiger charge is -2.26. The fourth-order valence-electron chi connectivity index (χ4n) is 4.34. The number of anilines is 1. The number of ketones is 1. The van der Waals surface area contributed by atoms with Crippen molar-refractivity contribution in [1.29, 1.82) is 0 Å². The predicted molar refractivity (Wildman–Crippen MR) is 130 cm³/mol. The fraction of sp³-hybridized carbons (Fsp3) is 0.214. The molecule has 1 unspecified atom stereocenters. The second kappa shape index (κ2) is 8.94. The summed E-state index contributed by atoms with van der Waals surface area (Å²) in [5, 5.41) is 11.2. The van der Waals surface area contributed by atoms with Crippen molar-refractivity contribution in [2.75, 3.05) is 12.0 Å². The molecule has 5 heteroatoms. The lowest BCUT2D eigenvalue weighted by Crippen LogP contribution is -2.29. The maximum atomic E-state index is 13.3. The van der Waals surface area contributed by atoms with Gasteiger partial charge < -0.3 is 9.84 Å². The number of rotatable bonds is 5. The number of aliphatic hydroxyl groups is 1. The van der Waals surface area contributed by atoms with Gasteiger partial charge in [0.15, 0.2) is 0 Å². The Hall–Kier alpha value is -3.86. The summed E-state index contributed by atoms with van der Waals surface area (Å²) in [6, 6.07) is 19.6. The molecule has 1 N–H and O–H groups in total. The van der Waals surface area contributed by atoms with Crippen LogP contribution in [0.3, 0.4) is 0 Å². The standard InChI is InChI=1S/C28H27NO4/c1-5-19-6-8-21(9-7-19)26(30)24-25(20-10-12-23(33-4)13-11-20)29(28(32)27(24)31)22-15-17(2)14-18(3)16-22/h6-16,25,30H,5H2,1-4H3/b26-24+. The largest absolute Gasteiger partial charge is 0.507 e. The maximum absolute atomic E-state index is 13.3. The van der Waals surface area contributed by atoms with E-state index >= 15 is 0 Å². The van der Waals surface area contributed by atoms with Crippen LogP contribution in [0.1, 0.15) is 40.8 Å². The smallest absolute Gasteiger partial charge is 0.300 e. The number of nitrogens with zero attached hydrogens (tertiary/aromatic N) is 1. The van der Waals surface area contributed by atoms with Gasteiger partial charge >= 0.3 is 0 Å². The van der Waals surface area contributed by atoms with E-state index in [2.05, 4.69) is 0 Å². The van der Waals surface area contributed by atoms with Crippen LogP contribution < -0.4 is 9.64 Å². The molecule has 1 saturated heterocycles. The molecule has 4 rings (SSSR count). The van der Waals surface area contributed by atoms with Gasteiger partial charge in [0.25, 0.3) is 11.7 Å². The summed E-state index contributed by atoms with van der Waals surface area (Å²) in [5.74, 6) is -0.874. The van der Waals surface area contributed by atoms with Crippen molar-refractivity contribution in [1.82, 2.24) is 0 Å². The number of benzene rings is 3. The first-order valence-corrected chi connectivity index (χ1v) is 11.0. The molecule has 1 aliphatic heterocycles. The number of hydrogen-bond donors (Lipinski definition) is 1. The van der Waals surface area contributed by atoms with Crippen molar-refractivity contribution in [3.8, 4) is 5.75 Å². The van der Waals surface area contributed by atoms with Gasteiger partial charge in [0.1, 0.15) is 11.5 Å². The van der Waals surface area contributed by atoms with Crippen LogP contribution in [-0.4, -0.2) is 23.9 Å². The molecule has 33 heavy (non-hydrogen) atoms. The van der Waals surface area contributed by atoms with Gasteiger partial charge in [-0.15, -0.1) is 0 Å². The molecule has 0 radical (unpaired) electrons. The average molecular weight is 442 g/mol. The summed E-state index contributed by atoms with van der Waals surface area (Å²) in [4.78, 5) is 28.0. The Morgan fingerprint density at radius 3 is 2.09 bits per heavy atom. The molecule has 3 aromatic rings. The molecule has 0 saturated carbocycles. The molecule has 1 fully saturated rings. The maximum Gasteiger partial charge on any atom is 0.300 e. The first-order valence-electron chi connectivity index (χ1n) is 11.0. The predicted octanol–water partition coefficient (Wildman–Crippen LogP) is 5.50. The Morgan fingerprint density at radius 2 is 1.55 bits per heavy atom. The Kier molecular flexibility index (Phi) is 6.05. The summed E-state index contributed by atoms with van der Waals surface area (Å²) >= 11 is 0. The number of carbonyl (C=O) groups excluding carboxylic acids is 2. The topological polar surface area (TPSA) is 66.8 Å². The molecule has 0 aliphatic carbocycles. The van der Waals surface area contributed by atoms with Gasteiger partial charge in [-0.1, -0.05) is 49.4 Å². The van der Waals surface area contributed by atoms with Crippen molar-refractivity contribution in [2.45, 2.75) is 33.2 Å². The summed E-state index contributed by atoms with van der Waals surface area (Å²) in [5.41, 5.74) is 4.99. The number of Topliss-reactive ketones (excluding diaryl/α,β-unsaturated/α-hetero) is 1. The van der Waals surface area contributed by atoms with E-state index in [1.807, 2.05) is 63.2 Å². The van der Waals surface area contributed by atoms with E-state index < -0.39 is 17.7 Å². The summed E-state index contributed by atoms with van der Waals surface area (Å²) < 4.78 is 5.27. The van der Waals surface area contributed by atoms with Gasteiger partial charge in [-0.3, -0.25) is 14.5 Å². The zero-order chi connectivity index (χ0) is 23.7. The molecule has 1 atom stereocenters. The Balaban J connectivity index is 1.93.